The first-order chi connectivity index (χ1) is 8.37. The average Bonchev–Trinajstić information content (AvgIpc) is 2.25. The maximum absolute atomic E-state index is 11.4. The minimum Gasteiger partial charge on any atom is -0.444 e. The molecule has 0 spiro atoms. The van der Waals surface area contributed by atoms with Gasteiger partial charge in [0.1, 0.15) is 11.8 Å². The molecule has 0 bridgehead atoms. The highest BCUT2D eigenvalue weighted by atomic mass is 16.6. The molecule has 1 atom stereocenters. The van der Waals surface area contributed by atoms with E-state index in [4.69, 9.17) is 4.74 Å². The zero-order valence-electron chi connectivity index (χ0n) is 11.9. The first-order valence-corrected chi connectivity index (χ1v) is 7.04. The number of rotatable bonds is 4. The van der Waals surface area contributed by atoms with Crippen LogP contribution in [0.4, 0.5) is 4.79 Å². The summed E-state index contributed by atoms with van der Waals surface area (Å²) in [6.45, 7) is 5.42. The molecule has 0 aliphatic heterocycles. The third kappa shape index (κ3) is 6.84. The van der Waals surface area contributed by atoms with Crippen LogP contribution < -0.4 is 5.32 Å². The molecule has 1 aliphatic carbocycles. The second-order valence-corrected chi connectivity index (χ2v) is 6.24. The maximum Gasteiger partial charge on any atom is 0.409 e. The quantitative estimate of drug-likeness (QED) is 0.760. The van der Waals surface area contributed by atoms with Crippen molar-refractivity contribution in [3.05, 3.63) is 0 Å². The molecule has 18 heavy (non-hydrogen) atoms. The zero-order chi connectivity index (χ0) is 13.6. The van der Waals surface area contributed by atoms with Crippen molar-refractivity contribution in [1.82, 2.24) is 5.32 Å². The third-order valence-electron chi connectivity index (χ3n) is 3.26. The summed E-state index contributed by atoms with van der Waals surface area (Å²) in [5, 5.41) is 12.2. The standard InChI is InChI=1S/C14H27NO3/c1-14(2,3)18-13(17)15-12(16)10-9-11-7-5-4-6-8-11/h11-12,16H,4-10H2,1-3H3,(H,15,17). The van der Waals surface area contributed by atoms with Crippen LogP contribution in [0.2, 0.25) is 0 Å². The Hall–Kier alpha value is -0.770. The number of ether oxygens (including phenoxy) is 1. The molecule has 1 rings (SSSR count). The van der Waals surface area contributed by atoms with Crippen molar-refractivity contribution in [2.24, 2.45) is 5.92 Å². The number of carbonyl (C=O) groups excluding carboxylic acids is 1. The van der Waals surface area contributed by atoms with Crippen molar-refractivity contribution in [3.8, 4) is 0 Å². The SMILES string of the molecule is CC(C)(C)OC(=O)NC(O)CCC1CCCCC1. The number of carbonyl (C=O) groups is 1. The Morgan fingerprint density at radius 2 is 1.94 bits per heavy atom. The van der Waals surface area contributed by atoms with E-state index >= 15 is 0 Å². The van der Waals surface area contributed by atoms with Crippen molar-refractivity contribution in [1.29, 1.82) is 0 Å². The summed E-state index contributed by atoms with van der Waals surface area (Å²) in [5.41, 5.74) is -0.521. The Labute approximate surface area is 110 Å². The second-order valence-electron chi connectivity index (χ2n) is 6.24. The van der Waals surface area contributed by atoms with E-state index in [-0.39, 0.29) is 0 Å². The molecular formula is C14H27NO3. The van der Waals surface area contributed by atoms with E-state index in [9.17, 15) is 9.90 Å². The zero-order valence-corrected chi connectivity index (χ0v) is 11.9. The largest absolute Gasteiger partial charge is 0.444 e. The second kappa shape index (κ2) is 6.98. The number of aliphatic hydroxyl groups is 1. The highest BCUT2D eigenvalue weighted by molar-refractivity contribution is 5.67. The first kappa shape index (κ1) is 15.3. The fraction of sp³-hybridized carbons (Fsp3) is 0.929. The summed E-state index contributed by atoms with van der Waals surface area (Å²) in [7, 11) is 0. The Morgan fingerprint density at radius 3 is 2.50 bits per heavy atom. The highest BCUT2D eigenvalue weighted by Crippen LogP contribution is 2.27. The summed E-state index contributed by atoms with van der Waals surface area (Å²) in [6.07, 6.45) is 6.75. The van der Waals surface area contributed by atoms with Crippen LogP contribution in [0.1, 0.15) is 65.7 Å². The number of nitrogens with one attached hydrogen (secondary N) is 1. The van der Waals surface area contributed by atoms with E-state index in [0.717, 1.165) is 6.42 Å². The van der Waals surface area contributed by atoms with Crippen molar-refractivity contribution in [2.45, 2.75) is 77.5 Å². The molecule has 0 saturated heterocycles. The van der Waals surface area contributed by atoms with Gasteiger partial charge in [0.05, 0.1) is 0 Å². The molecule has 106 valence electrons. The average molecular weight is 257 g/mol. The van der Waals surface area contributed by atoms with Crippen LogP contribution in [-0.4, -0.2) is 23.0 Å². The summed E-state index contributed by atoms with van der Waals surface area (Å²) < 4.78 is 5.09. The fourth-order valence-corrected chi connectivity index (χ4v) is 2.39. The normalized spacial score (nSPS) is 19.3. The van der Waals surface area contributed by atoms with E-state index in [2.05, 4.69) is 5.32 Å². The number of alkyl carbamates (subject to hydrolysis) is 1. The molecule has 1 aliphatic rings. The Kier molecular flexibility index (Phi) is 5.93. The van der Waals surface area contributed by atoms with Crippen molar-refractivity contribution in [3.63, 3.8) is 0 Å². The van der Waals surface area contributed by atoms with Gasteiger partial charge < -0.3 is 9.84 Å². The van der Waals surface area contributed by atoms with Gasteiger partial charge in [-0.05, 0) is 39.5 Å². The lowest BCUT2D eigenvalue weighted by Crippen LogP contribution is -2.39. The van der Waals surface area contributed by atoms with Gasteiger partial charge in [0.2, 0.25) is 0 Å². The van der Waals surface area contributed by atoms with Crippen molar-refractivity contribution in [2.75, 3.05) is 0 Å². The lowest BCUT2D eigenvalue weighted by molar-refractivity contribution is 0.0330. The molecule has 0 aromatic rings. The van der Waals surface area contributed by atoms with E-state index in [1.807, 2.05) is 0 Å². The molecular weight excluding hydrogens is 230 g/mol. The molecule has 4 nitrogen and oxygen atoms in total. The van der Waals surface area contributed by atoms with Crippen LogP contribution in [0.15, 0.2) is 0 Å². The molecule has 0 radical (unpaired) electrons. The van der Waals surface area contributed by atoms with Crippen molar-refractivity contribution >= 4 is 6.09 Å². The summed E-state index contributed by atoms with van der Waals surface area (Å²) >= 11 is 0. The number of hydrogen-bond donors (Lipinski definition) is 2. The van der Waals surface area contributed by atoms with Crippen molar-refractivity contribution < 1.29 is 14.6 Å². The van der Waals surface area contributed by atoms with Crippen LogP contribution in [0, 0.1) is 5.92 Å². The molecule has 1 fully saturated rings. The van der Waals surface area contributed by atoms with Gasteiger partial charge in [-0.15, -0.1) is 0 Å². The maximum atomic E-state index is 11.4. The minimum atomic E-state index is -0.790. The number of hydrogen-bond acceptors (Lipinski definition) is 3. The smallest absolute Gasteiger partial charge is 0.409 e. The fourth-order valence-electron chi connectivity index (χ4n) is 2.39. The van der Waals surface area contributed by atoms with Crippen LogP contribution in [0.25, 0.3) is 0 Å². The molecule has 0 aromatic carbocycles. The Balaban J connectivity index is 2.16. The summed E-state index contributed by atoms with van der Waals surface area (Å²) in [6, 6.07) is 0. The molecule has 2 N–H and O–H groups in total. The van der Waals surface area contributed by atoms with Gasteiger partial charge in [-0.1, -0.05) is 32.1 Å². The third-order valence-corrected chi connectivity index (χ3v) is 3.26. The summed E-state index contributed by atoms with van der Waals surface area (Å²) in [4.78, 5) is 11.4. The predicted octanol–water partition coefficient (Wildman–Crippen LogP) is 3.19. The van der Waals surface area contributed by atoms with E-state index < -0.39 is 17.9 Å². The molecule has 0 heterocycles. The van der Waals surface area contributed by atoms with Crippen LogP contribution in [0.3, 0.4) is 0 Å². The lowest BCUT2D eigenvalue weighted by Gasteiger charge is -2.24. The molecule has 1 unspecified atom stereocenters. The minimum absolute atomic E-state index is 0.521. The topological polar surface area (TPSA) is 58.6 Å². The monoisotopic (exact) mass is 257 g/mol. The first-order valence-electron chi connectivity index (χ1n) is 7.04. The highest BCUT2D eigenvalue weighted by Gasteiger charge is 2.19. The van der Waals surface area contributed by atoms with Gasteiger partial charge in [-0.3, -0.25) is 5.32 Å². The van der Waals surface area contributed by atoms with Crippen LogP contribution in [0.5, 0.6) is 0 Å². The Morgan fingerprint density at radius 1 is 1.33 bits per heavy atom. The molecule has 1 saturated carbocycles. The number of aliphatic hydroxyl groups excluding tert-OH is 1. The van der Waals surface area contributed by atoms with Gasteiger partial charge in [0.25, 0.3) is 0 Å². The summed E-state index contributed by atoms with van der Waals surface area (Å²) in [5.74, 6) is 0.717. The predicted molar refractivity (Wildman–Crippen MR) is 71.2 cm³/mol. The van der Waals surface area contributed by atoms with Crippen LogP contribution in [-0.2, 0) is 4.74 Å². The van der Waals surface area contributed by atoms with Gasteiger partial charge in [-0.2, -0.15) is 0 Å². The van der Waals surface area contributed by atoms with E-state index in [0.29, 0.717) is 12.3 Å². The van der Waals surface area contributed by atoms with Crippen LogP contribution >= 0.6 is 0 Å². The Bertz CT molecular complexity index is 254. The lowest BCUT2D eigenvalue weighted by atomic mass is 9.86. The molecule has 0 aromatic heterocycles. The van der Waals surface area contributed by atoms with Gasteiger partial charge in [-0.25, -0.2) is 4.79 Å². The molecule has 1 amide bonds. The van der Waals surface area contributed by atoms with E-state index in [1.54, 1.807) is 20.8 Å². The van der Waals surface area contributed by atoms with Gasteiger partial charge in [0.15, 0.2) is 0 Å². The molecule has 4 heteroatoms. The van der Waals surface area contributed by atoms with Gasteiger partial charge >= 0.3 is 6.09 Å². The van der Waals surface area contributed by atoms with E-state index in [1.165, 1.54) is 32.1 Å². The van der Waals surface area contributed by atoms with Gasteiger partial charge in [0, 0.05) is 0 Å². The number of amides is 1.